The molecule has 0 aromatic heterocycles. The summed E-state index contributed by atoms with van der Waals surface area (Å²) in [6, 6.07) is 26.7. The van der Waals surface area contributed by atoms with Gasteiger partial charge in [0.25, 0.3) is 0 Å². The third-order valence-electron chi connectivity index (χ3n) is 11.4. The van der Waals surface area contributed by atoms with E-state index in [9.17, 15) is 19.5 Å². The molecule has 2 aliphatic carbocycles. The summed E-state index contributed by atoms with van der Waals surface area (Å²) in [5, 5.41) is 12.3. The van der Waals surface area contributed by atoms with Gasteiger partial charge in [0.2, 0.25) is 23.6 Å². The smallest absolute Gasteiger partial charge is 0.246 e. The van der Waals surface area contributed by atoms with E-state index < -0.39 is 46.8 Å². The Morgan fingerprint density at radius 3 is 2.29 bits per heavy atom. The van der Waals surface area contributed by atoms with Crippen LogP contribution in [0.5, 0.6) is 11.5 Å². The lowest BCUT2D eigenvalue weighted by atomic mass is 9.49. The molecule has 8 rings (SSSR count). The number of phenols is 1. The molecule has 3 fully saturated rings. The summed E-state index contributed by atoms with van der Waals surface area (Å²) in [5.74, 6) is -5.30. The van der Waals surface area contributed by atoms with Crippen LogP contribution in [0.25, 0.3) is 0 Å². The van der Waals surface area contributed by atoms with Crippen molar-refractivity contribution in [2.75, 3.05) is 16.9 Å². The van der Waals surface area contributed by atoms with E-state index in [0.717, 1.165) is 17.6 Å². The Balaban J connectivity index is 1.37. The van der Waals surface area contributed by atoms with Crippen molar-refractivity contribution in [3.05, 3.63) is 129 Å². The van der Waals surface area contributed by atoms with E-state index in [4.69, 9.17) is 16.3 Å². The number of hydrogen-bond donors (Lipinski definition) is 1. The highest BCUT2D eigenvalue weighted by molar-refractivity contribution is 9.10. The van der Waals surface area contributed by atoms with Crippen LogP contribution in [0.4, 0.5) is 11.4 Å². The number of allylic oxidation sites excluding steroid dienone is 2. The molecule has 2 saturated heterocycles. The lowest BCUT2D eigenvalue weighted by molar-refractivity contribution is -0.127. The number of phenolic OH excluding ortho intramolecular Hbond substituents is 1. The molecular formula is C41H34BrClN2O6. The normalized spacial score (nSPS) is 26.9. The number of hydrogen-bond acceptors (Lipinski definition) is 6. The van der Waals surface area contributed by atoms with Crippen molar-refractivity contribution in [1.82, 2.24) is 0 Å². The van der Waals surface area contributed by atoms with E-state index in [0.29, 0.717) is 32.0 Å². The van der Waals surface area contributed by atoms with Gasteiger partial charge >= 0.3 is 0 Å². The first-order valence-electron chi connectivity index (χ1n) is 17.0. The van der Waals surface area contributed by atoms with Crippen LogP contribution in [0, 0.1) is 23.7 Å². The summed E-state index contributed by atoms with van der Waals surface area (Å²) < 4.78 is 6.19. The lowest BCUT2D eigenvalue weighted by Gasteiger charge is -2.50. The fourth-order valence-electron chi connectivity index (χ4n) is 9.19. The van der Waals surface area contributed by atoms with Crippen LogP contribution in [0.1, 0.15) is 42.4 Å². The number of halogens is 2. The number of benzene rings is 4. The summed E-state index contributed by atoms with van der Waals surface area (Å²) >= 11 is 9.99. The van der Waals surface area contributed by atoms with Crippen LogP contribution in [0.3, 0.4) is 0 Å². The minimum Gasteiger partial charge on any atom is -0.504 e. The monoisotopic (exact) mass is 764 g/mol. The van der Waals surface area contributed by atoms with Crippen LogP contribution in [-0.2, 0) is 31.0 Å². The molecule has 4 aliphatic rings. The molecule has 1 N–H and O–H groups in total. The third-order valence-corrected chi connectivity index (χ3v) is 12.1. The minimum atomic E-state index is -1.53. The molecule has 2 heterocycles. The van der Waals surface area contributed by atoms with Gasteiger partial charge < -0.3 is 9.84 Å². The van der Waals surface area contributed by atoms with Gasteiger partial charge in [-0.3, -0.25) is 24.1 Å². The molecule has 4 aromatic carbocycles. The van der Waals surface area contributed by atoms with Gasteiger partial charge in [0.1, 0.15) is 0 Å². The molecule has 51 heavy (non-hydrogen) atoms. The fourth-order valence-corrected chi connectivity index (χ4v) is 9.83. The number of carbonyl (C=O) groups excluding carboxylic acids is 4. The fraction of sp³-hybridized carbons (Fsp3) is 0.268. The summed E-state index contributed by atoms with van der Waals surface area (Å²) in [5.41, 5.74) is 2.13. The highest BCUT2D eigenvalue weighted by Crippen LogP contribution is 2.66. The minimum absolute atomic E-state index is 0.146. The highest BCUT2D eigenvalue weighted by Gasteiger charge is 2.70. The van der Waals surface area contributed by atoms with Crippen LogP contribution in [-0.4, -0.2) is 35.8 Å². The quantitative estimate of drug-likeness (QED) is 0.159. The molecule has 4 aromatic rings. The van der Waals surface area contributed by atoms with E-state index in [2.05, 4.69) is 15.9 Å². The standard InChI is InChI=1S/C41H34BrClN2O6/c1-3-22-12-14-26(15-13-22)44-37(47)29-17-16-28-30(34(29)39(44)49)21-32-38(48)45(27-11-7-10-25(43)20-27)40(50)41(32,23-8-5-4-6-9-23)35(28)31-18-24(42)19-33(51-2)36(31)46/h4-16,18-20,29-30,32,34-35,46H,3,17,21H2,1-2H3/t29-,30+,32-,34-,35+,41+/m0/s1. The maximum Gasteiger partial charge on any atom is 0.246 e. The Bertz CT molecular complexity index is 2150. The number of nitrogens with zero attached hydrogens (tertiary/aromatic N) is 2. The van der Waals surface area contributed by atoms with Crippen LogP contribution >= 0.6 is 27.5 Å². The Morgan fingerprint density at radius 2 is 1.61 bits per heavy atom. The second-order valence-electron chi connectivity index (χ2n) is 13.7. The average Bonchev–Trinajstić information content (AvgIpc) is 3.53. The van der Waals surface area contributed by atoms with E-state index >= 15 is 4.79 Å². The van der Waals surface area contributed by atoms with E-state index in [1.54, 1.807) is 48.5 Å². The zero-order valence-electron chi connectivity index (χ0n) is 27.9. The summed E-state index contributed by atoms with van der Waals surface area (Å²) in [6.45, 7) is 2.04. The van der Waals surface area contributed by atoms with E-state index in [-0.39, 0.29) is 36.2 Å². The molecule has 2 aliphatic heterocycles. The molecule has 1 saturated carbocycles. The predicted octanol–water partition coefficient (Wildman–Crippen LogP) is 7.75. The Hall–Kier alpha value is -4.73. The molecular weight excluding hydrogens is 732 g/mol. The zero-order valence-corrected chi connectivity index (χ0v) is 30.2. The topological polar surface area (TPSA) is 104 Å². The summed E-state index contributed by atoms with van der Waals surface area (Å²) in [6.07, 6.45) is 3.20. The molecule has 4 amide bonds. The first kappa shape index (κ1) is 33.4. The largest absolute Gasteiger partial charge is 0.504 e. The Morgan fingerprint density at radius 1 is 0.863 bits per heavy atom. The predicted molar refractivity (Wildman–Crippen MR) is 197 cm³/mol. The van der Waals surface area contributed by atoms with Gasteiger partial charge in [-0.2, -0.15) is 0 Å². The zero-order chi connectivity index (χ0) is 35.8. The molecule has 6 atom stereocenters. The summed E-state index contributed by atoms with van der Waals surface area (Å²) in [4.78, 5) is 61.5. The number of carbonyl (C=O) groups is 4. The number of methoxy groups -OCH3 is 1. The first-order chi connectivity index (χ1) is 24.6. The van der Waals surface area contributed by atoms with Crippen molar-refractivity contribution in [1.29, 1.82) is 0 Å². The maximum absolute atomic E-state index is 15.4. The number of rotatable bonds is 6. The number of aromatic hydroxyl groups is 1. The SMILES string of the molecule is CCc1ccc(N2C(=O)[C@H]3[C@H](CC=C4[C@H]3C[C@H]3C(=O)N(c5cccc(Cl)c5)C(=O)[C@@]3(c3ccccc3)[C@H]4c3cc(Br)cc(OC)c3O)C2=O)cc1. The number of aryl methyl sites for hydroxylation is 1. The van der Waals surface area contributed by atoms with E-state index in [1.807, 2.05) is 55.5 Å². The average molecular weight is 766 g/mol. The summed E-state index contributed by atoms with van der Waals surface area (Å²) in [7, 11) is 1.45. The highest BCUT2D eigenvalue weighted by atomic mass is 79.9. The van der Waals surface area contributed by atoms with Gasteiger partial charge in [-0.05, 0) is 78.8 Å². The Labute approximate surface area is 308 Å². The van der Waals surface area contributed by atoms with Crippen molar-refractivity contribution in [3.63, 3.8) is 0 Å². The number of fused-ring (bicyclic) bond motifs is 4. The van der Waals surface area contributed by atoms with Crippen molar-refractivity contribution in [2.24, 2.45) is 23.7 Å². The number of imide groups is 2. The van der Waals surface area contributed by atoms with Gasteiger partial charge in [-0.25, -0.2) is 4.90 Å². The number of ether oxygens (including phenoxy) is 1. The van der Waals surface area contributed by atoms with Gasteiger partial charge in [0, 0.05) is 21.0 Å². The lowest BCUT2D eigenvalue weighted by Crippen LogP contribution is -2.53. The maximum atomic E-state index is 15.4. The number of anilines is 2. The number of amides is 4. The first-order valence-corrected chi connectivity index (χ1v) is 18.2. The molecule has 0 unspecified atom stereocenters. The molecule has 8 nitrogen and oxygen atoms in total. The second-order valence-corrected chi connectivity index (χ2v) is 15.0. The van der Waals surface area contributed by atoms with Crippen LogP contribution in [0.2, 0.25) is 5.02 Å². The van der Waals surface area contributed by atoms with Crippen LogP contribution < -0.4 is 14.5 Å². The molecule has 0 bridgehead atoms. The molecule has 10 heteroatoms. The Kier molecular flexibility index (Phi) is 8.19. The van der Waals surface area contributed by atoms with Gasteiger partial charge in [-0.15, -0.1) is 0 Å². The van der Waals surface area contributed by atoms with Crippen molar-refractivity contribution in [3.8, 4) is 11.5 Å². The van der Waals surface area contributed by atoms with Gasteiger partial charge in [-0.1, -0.05) is 94.6 Å². The van der Waals surface area contributed by atoms with Gasteiger partial charge in [0.15, 0.2) is 11.5 Å². The van der Waals surface area contributed by atoms with Gasteiger partial charge in [0.05, 0.1) is 41.7 Å². The van der Waals surface area contributed by atoms with Crippen LogP contribution in [0.15, 0.2) is 107 Å². The van der Waals surface area contributed by atoms with Crippen molar-refractivity contribution < 1.29 is 29.0 Å². The third kappa shape index (κ3) is 4.84. The molecule has 0 radical (unpaired) electrons. The molecule has 0 spiro atoms. The van der Waals surface area contributed by atoms with E-state index in [1.165, 1.54) is 16.9 Å². The van der Waals surface area contributed by atoms with Crippen molar-refractivity contribution in [2.45, 2.75) is 37.5 Å². The van der Waals surface area contributed by atoms with Crippen molar-refractivity contribution >= 4 is 62.5 Å². The second kappa shape index (κ2) is 12.5. The molecule has 258 valence electrons.